The van der Waals surface area contributed by atoms with E-state index in [1.165, 1.54) is 4.90 Å². The number of hydrogen-bond donors (Lipinski definition) is 1. The molecule has 1 atom stereocenters. The Kier molecular flexibility index (Phi) is 9.18. The number of nitrogens with one attached hydrogen (secondary N) is 1. The van der Waals surface area contributed by atoms with Gasteiger partial charge in [0.25, 0.3) is 0 Å². The van der Waals surface area contributed by atoms with Crippen molar-refractivity contribution in [1.29, 1.82) is 0 Å². The van der Waals surface area contributed by atoms with E-state index >= 15 is 0 Å². The summed E-state index contributed by atoms with van der Waals surface area (Å²) < 4.78 is 32.3. The summed E-state index contributed by atoms with van der Waals surface area (Å²) in [5, 5.41) is 3.05. The van der Waals surface area contributed by atoms with Crippen molar-refractivity contribution < 1.29 is 22.7 Å². The predicted molar refractivity (Wildman–Crippen MR) is 140 cm³/mol. The number of amides is 2. The molecule has 1 aliphatic rings. The summed E-state index contributed by atoms with van der Waals surface area (Å²) in [6.07, 6.45) is 5.05. The highest BCUT2D eigenvalue weighted by Gasteiger charge is 2.31. The molecule has 1 saturated carbocycles. The highest BCUT2D eigenvalue weighted by molar-refractivity contribution is 9.10. The van der Waals surface area contributed by atoms with Crippen LogP contribution in [-0.4, -0.2) is 57.1 Å². The lowest BCUT2D eigenvalue weighted by Gasteiger charge is -2.32. The van der Waals surface area contributed by atoms with E-state index in [2.05, 4.69) is 21.2 Å². The van der Waals surface area contributed by atoms with Gasteiger partial charge in [-0.2, -0.15) is 0 Å². The second-order valence-electron chi connectivity index (χ2n) is 8.79. The van der Waals surface area contributed by atoms with Gasteiger partial charge in [0.05, 0.1) is 19.1 Å². The maximum atomic E-state index is 13.6. The quantitative estimate of drug-likeness (QED) is 0.473. The number of rotatable bonds is 10. The van der Waals surface area contributed by atoms with Gasteiger partial charge in [-0.1, -0.05) is 47.0 Å². The number of carbonyl (C=O) groups excluding carboxylic acids is 2. The van der Waals surface area contributed by atoms with Crippen molar-refractivity contribution in [3.05, 3.63) is 58.6 Å². The second-order valence-corrected chi connectivity index (χ2v) is 11.6. The first-order valence-corrected chi connectivity index (χ1v) is 14.2. The maximum Gasteiger partial charge on any atom is 0.244 e. The van der Waals surface area contributed by atoms with Crippen molar-refractivity contribution >= 4 is 43.5 Å². The summed E-state index contributed by atoms with van der Waals surface area (Å²) in [6.45, 7) is 1.37. The Morgan fingerprint density at radius 3 is 2.46 bits per heavy atom. The Morgan fingerprint density at radius 1 is 1.14 bits per heavy atom. The summed E-state index contributed by atoms with van der Waals surface area (Å²) in [7, 11) is -2.21. The molecule has 1 fully saturated rings. The molecule has 2 amide bonds. The molecule has 0 bridgehead atoms. The minimum absolute atomic E-state index is 0.105. The van der Waals surface area contributed by atoms with Crippen LogP contribution >= 0.6 is 15.9 Å². The zero-order chi connectivity index (χ0) is 25.6. The minimum Gasteiger partial charge on any atom is -0.497 e. The highest BCUT2D eigenvalue weighted by atomic mass is 79.9. The molecule has 1 aliphatic carbocycles. The van der Waals surface area contributed by atoms with Crippen LogP contribution in [0.2, 0.25) is 0 Å². The fourth-order valence-corrected chi connectivity index (χ4v) is 5.42. The Hall–Kier alpha value is -2.59. The fraction of sp³-hybridized carbons (Fsp3) is 0.440. The molecule has 0 aromatic heterocycles. The number of nitrogens with zero attached hydrogens (tertiary/aromatic N) is 2. The van der Waals surface area contributed by atoms with Gasteiger partial charge in [0.2, 0.25) is 21.8 Å². The van der Waals surface area contributed by atoms with E-state index in [0.29, 0.717) is 15.9 Å². The molecule has 3 rings (SSSR count). The van der Waals surface area contributed by atoms with Gasteiger partial charge in [-0.25, -0.2) is 8.42 Å². The summed E-state index contributed by atoms with van der Waals surface area (Å²) in [5.41, 5.74) is 1.13. The van der Waals surface area contributed by atoms with Crippen LogP contribution in [0.1, 0.15) is 38.2 Å². The lowest BCUT2D eigenvalue weighted by Crippen LogP contribution is -2.52. The Bertz CT molecular complexity index is 1150. The van der Waals surface area contributed by atoms with Gasteiger partial charge in [0.1, 0.15) is 18.3 Å². The molecule has 35 heavy (non-hydrogen) atoms. The molecule has 0 heterocycles. The number of methoxy groups -OCH3 is 1. The lowest BCUT2D eigenvalue weighted by molar-refractivity contribution is -0.139. The first-order chi connectivity index (χ1) is 16.6. The SMILES string of the molecule is COc1cccc(CN(C(=O)CN(c2cccc(Br)c2)S(C)(=O)=O)[C@H](C)C(=O)NC2CCCC2)c1. The van der Waals surface area contributed by atoms with Crippen LogP contribution in [0, 0.1) is 0 Å². The molecular formula is C25H32BrN3O5S. The van der Waals surface area contributed by atoms with E-state index in [1.807, 2.05) is 12.1 Å². The average molecular weight is 567 g/mol. The van der Waals surface area contributed by atoms with Gasteiger partial charge < -0.3 is 15.0 Å². The van der Waals surface area contributed by atoms with Gasteiger partial charge in [-0.05, 0) is 55.7 Å². The maximum absolute atomic E-state index is 13.6. The third kappa shape index (κ3) is 7.44. The second kappa shape index (κ2) is 11.9. The first kappa shape index (κ1) is 27.0. The van der Waals surface area contributed by atoms with Crippen LogP contribution in [0.3, 0.4) is 0 Å². The molecule has 1 N–H and O–H groups in total. The number of ether oxygens (including phenoxy) is 1. The monoisotopic (exact) mass is 565 g/mol. The van der Waals surface area contributed by atoms with Gasteiger partial charge >= 0.3 is 0 Å². The molecule has 0 aliphatic heterocycles. The van der Waals surface area contributed by atoms with Gasteiger partial charge in [-0.15, -0.1) is 0 Å². The van der Waals surface area contributed by atoms with E-state index < -0.39 is 28.5 Å². The molecule has 0 saturated heterocycles. The molecule has 0 radical (unpaired) electrons. The van der Waals surface area contributed by atoms with E-state index in [9.17, 15) is 18.0 Å². The topological polar surface area (TPSA) is 96.0 Å². The van der Waals surface area contributed by atoms with Gasteiger partial charge in [0, 0.05) is 17.1 Å². The van der Waals surface area contributed by atoms with Crippen molar-refractivity contribution in [2.75, 3.05) is 24.2 Å². The van der Waals surface area contributed by atoms with Crippen LogP contribution in [-0.2, 0) is 26.2 Å². The van der Waals surface area contributed by atoms with Crippen molar-refractivity contribution in [1.82, 2.24) is 10.2 Å². The summed E-state index contributed by atoms with van der Waals surface area (Å²) in [5.74, 6) is -0.0985. The molecule has 2 aromatic rings. The number of anilines is 1. The fourth-order valence-electron chi connectivity index (χ4n) is 4.19. The Labute approximate surface area is 215 Å². The van der Waals surface area contributed by atoms with E-state index in [-0.39, 0.29) is 18.5 Å². The molecule has 0 unspecified atom stereocenters. The number of carbonyl (C=O) groups is 2. The first-order valence-electron chi connectivity index (χ1n) is 11.5. The molecule has 190 valence electrons. The Morgan fingerprint density at radius 2 is 1.83 bits per heavy atom. The van der Waals surface area contributed by atoms with Crippen LogP contribution in [0.5, 0.6) is 5.75 Å². The van der Waals surface area contributed by atoms with Crippen LogP contribution in [0.4, 0.5) is 5.69 Å². The molecule has 2 aromatic carbocycles. The predicted octanol–water partition coefficient (Wildman–Crippen LogP) is 3.70. The zero-order valence-electron chi connectivity index (χ0n) is 20.2. The average Bonchev–Trinajstić information content (AvgIpc) is 3.32. The lowest BCUT2D eigenvalue weighted by atomic mass is 10.1. The summed E-state index contributed by atoms with van der Waals surface area (Å²) in [4.78, 5) is 28.1. The van der Waals surface area contributed by atoms with Crippen molar-refractivity contribution in [2.45, 2.75) is 51.2 Å². The standard InChI is InChI=1S/C25H32BrN3O5S/c1-18(25(31)27-21-10-4-5-11-21)28(16-19-8-6-13-23(14-19)34-2)24(30)17-29(35(3,32)33)22-12-7-9-20(26)15-22/h6-9,12-15,18,21H,4-5,10-11,16-17H2,1-3H3,(H,27,31)/t18-/m1/s1. The molecule has 10 heteroatoms. The van der Waals surface area contributed by atoms with E-state index in [1.54, 1.807) is 50.4 Å². The van der Waals surface area contributed by atoms with Crippen LogP contribution in [0.15, 0.2) is 53.0 Å². The number of hydrogen-bond acceptors (Lipinski definition) is 5. The number of halogens is 1. The zero-order valence-corrected chi connectivity index (χ0v) is 22.6. The third-order valence-corrected chi connectivity index (χ3v) is 7.77. The van der Waals surface area contributed by atoms with Gasteiger partial charge in [0.15, 0.2) is 0 Å². The van der Waals surface area contributed by atoms with Crippen molar-refractivity contribution in [2.24, 2.45) is 0 Å². The normalized spacial score (nSPS) is 14.9. The molecular weight excluding hydrogens is 534 g/mol. The van der Waals surface area contributed by atoms with Gasteiger partial charge in [-0.3, -0.25) is 13.9 Å². The van der Waals surface area contributed by atoms with Crippen molar-refractivity contribution in [3.8, 4) is 5.75 Å². The van der Waals surface area contributed by atoms with E-state index in [0.717, 1.165) is 41.8 Å². The summed E-state index contributed by atoms with van der Waals surface area (Å²) in [6, 6.07) is 13.3. The smallest absolute Gasteiger partial charge is 0.244 e. The van der Waals surface area contributed by atoms with E-state index in [4.69, 9.17) is 4.74 Å². The molecule has 0 spiro atoms. The van der Waals surface area contributed by atoms with Crippen LogP contribution in [0.25, 0.3) is 0 Å². The Balaban J connectivity index is 1.89. The third-order valence-electron chi connectivity index (χ3n) is 6.13. The molecule has 8 nitrogen and oxygen atoms in total. The van der Waals surface area contributed by atoms with Crippen molar-refractivity contribution in [3.63, 3.8) is 0 Å². The number of sulfonamides is 1. The minimum atomic E-state index is -3.77. The van der Waals surface area contributed by atoms with Crippen LogP contribution < -0.4 is 14.4 Å². The highest BCUT2D eigenvalue weighted by Crippen LogP contribution is 2.24. The largest absolute Gasteiger partial charge is 0.497 e. The number of benzene rings is 2. The summed E-state index contributed by atoms with van der Waals surface area (Å²) >= 11 is 3.35.